The molecule has 0 radical (unpaired) electrons. The first-order valence-corrected chi connectivity index (χ1v) is 12.9. The zero-order valence-electron chi connectivity index (χ0n) is 16.3. The van der Waals surface area contributed by atoms with E-state index in [2.05, 4.69) is 4.72 Å². The molecule has 1 saturated heterocycles. The lowest BCUT2D eigenvalue weighted by atomic mass is 10.1. The predicted octanol–water partition coefficient (Wildman–Crippen LogP) is 1.35. The summed E-state index contributed by atoms with van der Waals surface area (Å²) in [6, 6.07) is 7.19. The molecule has 1 aliphatic rings. The molecule has 1 unspecified atom stereocenters. The number of sulfonamides is 2. The number of ether oxygens (including phenoxy) is 1. The molecule has 2 aromatic rings. The molecule has 1 N–H and O–H groups in total. The van der Waals surface area contributed by atoms with Gasteiger partial charge >= 0.3 is 0 Å². The maximum Gasteiger partial charge on any atom is 0.243 e. The van der Waals surface area contributed by atoms with Crippen LogP contribution in [0, 0.1) is 0 Å². The third-order valence-corrected chi connectivity index (χ3v) is 8.81. The van der Waals surface area contributed by atoms with Crippen LogP contribution in [0.4, 0.5) is 0 Å². The maximum absolute atomic E-state index is 12.7. The molecule has 160 valence electrons. The van der Waals surface area contributed by atoms with Crippen LogP contribution < -0.4 is 4.72 Å². The predicted molar refractivity (Wildman–Crippen MR) is 112 cm³/mol. The summed E-state index contributed by atoms with van der Waals surface area (Å²) >= 11 is 1.56. The van der Waals surface area contributed by atoms with Gasteiger partial charge in [0.15, 0.2) is 0 Å². The number of nitrogens with zero attached hydrogens (tertiary/aromatic N) is 2. The highest BCUT2D eigenvalue weighted by molar-refractivity contribution is 7.89. The summed E-state index contributed by atoms with van der Waals surface area (Å²) in [5.41, 5.74) is 1.04. The Hall–Kier alpha value is -1.34. The standard InChI is InChI=1S/C18H25N3O5S3/c1-20(2)18(15-7-12-27-14-15)13-19-28(22,23)16-3-5-17(6-4-16)29(24,25)21-8-10-26-11-9-21/h3-7,12,14,18-19H,8-11,13H2,1-2H3. The molecular formula is C18H25N3O5S3. The van der Waals surface area contributed by atoms with Gasteiger partial charge in [-0.3, -0.25) is 0 Å². The van der Waals surface area contributed by atoms with Gasteiger partial charge in [-0.05, 0) is 60.8 Å². The second-order valence-electron chi connectivity index (χ2n) is 6.88. The Balaban J connectivity index is 1.72. The van der Waals surface area contributed by atoms with Crippen molar-refractivity contribution in [1.82, 2.24) is 13.9 Å². The van der Waals surface area contributed by atoms with Crippen molar-refractivity contribution in [3.05, 3.63) is 46.7 Å². The number of nitrogens with one attached hydrogen (secondary N) is 1. The smallest absolute Gasteiger partial charge is 0.243 e. The fraction of sp³-hybridized carbons (Fsp3) is 0.444. The van der Waals surface area contributed by atoms with Gasteiger partial charge in [-0.15, -0.1) is 0 Å². The molecule has 0 aliphatic carbocycles. The van der Waals surface area contributed by atoms with Crippen molar-refractivity contribution in [3.8, 4) is 0 Å². The first-order valence-electron chi connectivity index (χ1n) is 9.08. The van der Waals surface area contributed by atoms with Crippen LogP contribution in [-0.2, 0) is 24.8 Å². The highest BCUT2D eigenvalue weighted by Crippen LogP contribution is 2.22. The summed E-state index contributed by atoms with van der Waals surface area (Å²) in [6.45, 7) is 1.50. The maximum atomic E-state index is 12.7. The van der Waals surface area contributed by atoms with Gasteiger partial charge in [0.1, 0.15) is 0 Å². The Labute approximate surface area is 176 Å². The summed E-state index contributed by atoms with van der Waals surface area (Å²) < 4.78 is 59.9. The third kappa shape index (κ3) is 5.23. The molecule has 0 saturated carbocycles. The van der Waals surface area contributed by atoms with E-state index in [9.17, 15) is 16.8 Å². The quantitative estimate of drug-likeness (QED) is 0.640. The number of thiophene rings is 1. The van der Waals surface area contributed by atoms with Gasteiger partial charge in [-0.2, -0.15) is 15.6 Å². The summed E-state index contributed by atoms with van der Waals surface area (Å²) in [5.74, 6) is 0. The van der Waals surface area contributed by atoms with Gasteiger partial charge in [0, 0.05) is 25.7 Å². The fourth-order valence-electron chi connectivity index (χ4n) is 3.06. The molecule has 29 heavy (non-hydrogen) atoms. The van der Waals surface area contributed by atoms with Gasteiger partial charge in [0.2, 0.25) is 20.0 Å². The van der Waals surface area contributed by atoms with Crippen molar-refractivity contribution in [2.45, 2.75) is 15.8 Å². The number of rotatable bonds is 8. The average Bonchev–Trinajstić information content (AvgIpc) is 3.23. The van der Waals surface area contributed by atoms with E-state index in [0.29, 0.717) is 26.3 Å². The van der Waals surface area contributed by atoms with E-state index in [1.54, 1.807) is 11.3 Å². The minimum Gasteiger partial charge on any atom is -0.379 e. The second-order valence-corrected chi connectivity index (χ2v) is 11.4. The highest BCUT2D eigenvalue weighted by atomic mass is 32.2. The molecule has 2 heterocycles. The summed E-state index contributed by atoms with van der Waals surface area (Å²) in [6.07, 6.45) is 0. The lowest BCUT2D eigenvalue weighted by molar-refractivity contribution is 0.0730. The topological polar surface area (TPSA) is 96.0 Å². The van der Waals surface area contributed by atoms with Crippen LogP contribution in [0.3, 0.4) is 0 Å². The van der Waals surface area contributed by atoms with Crippen molar-refractivity contribution in [1.29, 1.82) is 0 Å². The van der Waals surface area contributed by atoms with Gasteiger partial charge in [-0.1, -0.05) is 0 Å². The highest BCUT2D eigenvalue weighted by Gasteiger charge is 2.27. The molecular weight excluding hydrogens is 434 g/mol. The van der Waals surface area contributed by atoms with E-state index < -0.39 is 20.0 Å². The number of likely N-dealkylation sites (N-methyl/N-ethyl adjacent to an activating group) is 1. The van der Waals surface area contributed by atoms with E-state index in [1.165, 1.54) is 28.6 Å². The molecule has 3 rings (SSSR count). The fourth-order valence-corrected chi connectivity index (χ4v) is 6.22. The Bertz CT molecular complexity index is 998. The van der Waals surface area contributed by atoms with Crippen LogP contribution in [-0.4, -0.2) is 73.0 Å². The number of hydrogen-bond donors (Lipinski definition) is 1. The lowest BCUT2D eigenvalue weighted by Crippen LogP contribution is -2.40. The number of morpholine rings is 1. The van der Waals surface area contributed by atoms with E-state index in [1.807, 2.05) is 35.8 Å². The van der Waals surface area contributed by atoms with Gasteiger partial charge in [0.05, 0.1) is 23.0 Å². The molecule has 11 heteroatoms. The van der Waals surface area contributed by atoms with E-state index in [4.69, 9.17) is 4.74 Å². The van der Waals surface area contributed by atoms with Crippen LogP contribution in [0.15, 0.2) is 50.9 Å². The van der Waals surface area contributed by atoms with Gasteiger partial charge in [-0.25, -0.2) is 21.6 Å². The monoisotopic (exact) mass is 459 g/mol. The zero-order valence-corrected chi connectivity index (χ0v) is 18.8. The third-order valence-electron chi connectivity index (χ3n) is 4.76. The minimum atomic E-state index is -3.77. The van der Waals surface area contributed by atoms with Crippen molar-refractivity contribution < 1.29 is 21.6 Å². The van der Waals surface area contributed by atoms with Crippen molar-refractivity contribution in [3.63, 3.8) is 0 Å². The molecule has 1 aromatic heterocycles. The first-order chi connectivity index (χ1) is 13.7. The van der Waals surface area contributed by atoms with Gasteiger partial charge in [0.25, 0.3) is 0 Å². The molecule has 0 spiro atoms. The molecule has 1 aromatic carbocycles. The summed E-state index contributed by atoms with van der Waals surface area (Å²) in [5, 5.41) is 3.94. The largest absolute Gasteiger partial charge is 0.379 e. The molecule has 8 nitrogen and oxygen atoms in total. The van der Waals surface area contributed by atoms with E-state index in [0.717, 1.165) is 5.56 Å². The Kier molecular flexibility index (Phi) is 7.10. The number of hydrogen-bond acceptors (Lipinski definition) is 7. The normalized spacial score (nSPS) is 17.5. The van der Waals surface area contributed by atoms with Crippen LogP contribution in [0.25, 0.3) is 0 Å². The average molecular weight is 460 g/mol. The van der Waals surface area contributed by atoms with Gasteiger partial charge < -0.3 is 9.64 Å². The molecule has 1 atom stereocenters. The first kappa shape index (κ1) is 22.3. The minimum absolute atomic E-state index is 0.0289. The van der Waals surface area contributed by atoms with Crippen molar-refractivity contribution in [2.75, 3.05) is 46.9 Å². The zero-order chi connectivity index (χ0) is 21.1. The summed E-state index contributed by atoms with van der Waals surface area (Å²) in [7, 11) is -3.65. The van der Waals surface area contributed by atoms with Crippen LogP contribution in [0.5, 0.6) is 0 Å². The van der Waals surface area contributed by atoms with Crippen LogP contribution >= 0.6 is 11.3 Å². The Morgan fingerprint density at radius 3 is 2.24 bits per heavy atom. The Morgan fingerprint density at radius 2 is 1.69 bits per heavy atom. The lowest BCUT2D eigenvalue weighted by Gasteiger charge is -2.26. The van der Waals surface area contributed by atoms with Crippen molar-refractivity contribution in [2.24, 2.45) is 0 Å². The summed E-state index contributed by atoms with van der Waals surface area (Å²) in [4.78, 5) is 2.05. The van der Waals surface area contributed by atoms with Crippen molar-refractivity contribution >= 4 is 31.4 Å². The van der Waals surface area contributed by atoms with Crippen LogP contribution in [0.2, 0.25) is 0 Å². The SMILES string of the molecule is CN(C)C(CNS(=O)(=O)c1ccc(S(=O)(=O)N2CCOCC2)cc1)c1ccsc1. The molecule has 0 amide bonds. The second kappa shape index (κ2) is 9.21. The van der Waals surface area contributed by atoms with E-state index in [-0.39, 0.29) is 22.4 Å². The molecule has 0 bridgehead atoms. The molecule has 1 aliphatic heterocycles. The molecule has 1 fully saturated rings. The number of benzene rings is 1. The van der Waals surface area contributed by atoms with Crippen LogP contribution in [0.1, 0.15) is 11.6 Å². The van der Waals surface area contributed by atoms with E-state index >= 15 is 0 Å². The Morgan fingerprint density at radius 1 is 1.07 bits per heavy atom.